The first kappa shape index (κ1) is 14.3. The quantitative estimate of drug-likeness (QED) is 0.770. The highest BCUT2D eigenvalue weighted by Gasteiger charge is 2.14. The Kier molecular flexibility index (Phi) is 4.23. The number of ketones is 1. The van der Waals surface area contributed by atoms with Crippen LogP contribution in [0.1, 0.15) is 46.8 Å². The lowest BCUT2D eigenvalue weighted by atomic mass is 9.97. The average molecular weight is 268 g/mol. The molecular formula is C18H20O2. The molecule has 0 spiro atoms. The SMILES string of the molecule is COc1ccc(C)cc1C(=O)c1ccc(C(C)C)cc1. The Balaban J connectivity index is 2.38. The van der Waals surface area contributed by atoms with Crippen molar-refractivity contribution in [3.05, 3.63) is 64.7 Å². The number of carbonyl (C=O) groups excluding carboxylic acids is 1. The Hall–Kier alpha value is -2.09. The molecule has 20 heavy (non-hydrogen) atoms. The summed E-state index contributed by atoms with van der Waals surface area (Å²) in [4.78, 5) is 12.6. The molecule has 0 saturated heterocycles. The predicted octanol–water partition coefficient (Wildman–Crippen LogP) is 4.36. The van der Waals surface area contributed by atoms with Gasteiger partial charge in [-0.1, -0.05) is 49.7 Å². The molecule has 0 atom stereocenters. The minimum atomic E-state index is 0.000793. The van der Waals surface area contributed by atoms with Crippen LogP contribution in [-0.2, 0) is 0 Å². The molecule has 0 aliphatic heterocycles. The van der Waals surface area contributed by atoms with Crippen LogP contribution in [0, 0.1) is 6.92 Å². The van der Waals surface area contributed by atoms with Gasteiger partial charge < -0.3 is 4.74 Å². The topological polar surface area (TPSA) is 26.3 Å². The minimum absolute atomic E-state index is 0.000793. The number of carbonyl (C=O) groups is 1. The molecule has 2 nitrogen and oxygen atoms in total. The second-order valence-electron chi connectivity index (χ2n) is 5.31. The fraction of sp³-hybridized carbons (Fsp3) is 0.278. The van der Waals surface area contributed by atoms with Gasteiger partial charge in [-0.15, -0.1) is 0 Å². The number of rotatable bonds is 4. The largest absolute Gasteiger partial charge is 0.496 e. The van der Waals surface area contributed by atoms with E-state index in [-0.39, 0.29) is 5.78 Å². The van der Waals surface area contributed by atoms with Crippen molar-refractivity contribution in [3.8, 4) is 5.75 Å². The highest BCUT2D eigenvalue weighted by atomic mass is 16.5. The zero-order valence-corrected chi connectivity index (χ0v) is 12.4. The number of hydrogen-bond acceptors (Lipinski definition) is 2. The third-order valence-corrected chi connectivity index (χ3v) is 3.44. The van der Waals surface area contributed by atoms with E-state index in [0.29, 0.717) is 22.8 Å². The van der Waals surface area contributed by atoms with Crippen molar-refractivity contribution in [2.75, 3.05) is 7.11 Å². The fourth-order valence-electron chi connectivity index (χ4n) is 2.17. The molecule has 0 radical (unpaired) electrons. The first-order chi connectivity index (χ1) is 9.52. The molecule has 0 aromatic heterocycles. The van der Waals surface area contributed by atoms with Gasteiger partial charge in [-0.25, -0.2) is 0 Å². The monoisotopic (exact) mass is 268 g/mol. The number of methoxy groups -OCH3 is 1. The summed E-state index contributed by atoms with van der Waals surface area (Å²) in [5.74, 6) is 1.09. The maximum absolute atomic E-state index is 12.6. The summed E-state index contributed by atoms with van der Waals surface area (Å²) in [5, 5.41) is 0. The third-order valence-electron chi connectivity index (χ3n) is 3.44. The molecule has 2 heteroatoms. The summed E-state index contributed by atoms with van der Waals surface area (Å²) in [6, 6.07) is 13.5. The Labute approximate surface area is 120 Å². The molecule has 0 heterocycles. The summed E-state index contributed by atoms with van der Waals surface area (Å²) in [6.07, 6.45) is 0. The van der Waals surface area contributed by atoms with Crippen molar-refractivity contribution >= 4 is 5.78 Å². The molecule has 0 bridgehead atoms. The van der Waals surface area contributed by atoms with Crippen molar-refractivity contribution in [2.24, 2.45) is 0 Å². The Bertz CT molecular complexity index is 610. The van der Waals surface area contributed by atoms with Crippen molar-refractivity contribution in [1.82, 2.24) is 0 Å². The number of benzene rings is 2. The van der Waals surface area contributed by atoms with E-state index in [2.05, 4.69) is 13.8 Å². The van der Waals surface area contributed by atoms with Gasteiger partial charge in [0, 0.05) is 5.56 Å². The van der Waals surface area contributed by atoms with Gasteiger partial charge in [0.15, 0.2) is 5.78 Å². The van der Waals surface area contributed by atoms with Crippen LogP contribution in [0.25, 0.3) is 0 Å². The van der Waals surface area contributed by atoms with Crippen molar-refractivity contribution in [3.63, 3.8) is 0 Å². The van der Waals surface area contributed by atoms with Crippen LogP contribution < -0.4 is 4.74 Å². The molecule has 0 fully saturated rings. The van der Waals surface area contributed by atoms with Crippen molar-refractivity contribution in [1.29, 1.82) is 0 Å². The Morgan fingerprint density at radius 2 is 1.70 bits per heavy atom. The Morgan fingerprint density at radius 3 is 2.25 bits per heavy atom. The summed E-state index contributed by atoms with van der Waals surface area (Å²) in [6.45, 7) is 6.25. The van der Waals surface area contributed by atoms with E-state index in [1.54, 1.807) is 7.11 Å². The van der Waals surface area contributed by atoms with Gasteiger partial charge in [0.25, 0.3) is 0 Å². The fourth-order valence-corrected chi connectivity index (χ4v) is 2.17. The highest BCUT2D eigenvalue weighted by Crippen LogP contribution is 2.24. The molecule has 0 aliphatic rings. The molecule has 104 valence electrons. The average Bonchev–Trinajstić information content (AvgIpc) is 2.46. The second kappa shape index (κ2) is 5.91. The van der Waals surface area contributed by atoms with Crippen LogP contribution in [0.3, 0.4) is 0 Å². The zero-order chi connectivity index (χ0) is 14.7. The molecule has 0 amide bonds. The smallest absolute Gasteiger partial charge is 0.196 e. The summed E-state index contributed by atoms with van der Waals surface area (Å²) in [5.41, 5.74) is 3.59. The van der Waals surface area contributed by atoms with Gasteiger partial charge in [-0.05, 0) is 30.5 Å². The van der Waals surface area contributed by atoms with E-state index in [4.69, 9.17) is 4.74 Å². The van der Waals surface area contributed by atoms with Crippen LogP contribution in [0.15, 0.2) is 42.5 Å². The molecule has 0 N–H and O–H groups in total. The van der Waals surface area contributed by atoms with E-state index >= 15 is 0 Å². The lowest BCUT2D eigenvalue weighted by Gasteiger charge is -2.10. The third kappa shape index (κ3) is 2.90. The van der Waals surface area contributed by atoms with Crippen LogP contribution in [0.4, 0.5) is 0 Å². The van der Waals surface area contributed by atoms with Gasteiger partial charge in [-0.3, -0.25) is 4.79 Å². The van der Waals surface area contributed by atoms with E-state index in [1.807, 2.05) is 49.4 Å². The summed E-state index contributed by atoms with van der Waals surface area (Å²) in [7, 11) is 1.59. The molecule has 0 unspecified atom stereocenters. The normalized spacial score (nSPS) is 10.7. The van der Waals surface area contributed by atoms with Crippen LogP contribution in [0.2, 0.25) is 0 Å². The van der Waals surface area contributed by atoms with Gasteiger partial charge in [0.2, 0.25) is 0 Å². The molecule has 0 aliphatic carbocycles. The predicted molar refractivity (Wildman–Crippen MR) is 81.7 cm³/mol. The first-order valence-electron chi connectivity index (χ1n) is 6.82. The van der Waals surface area contributed by atoms with E-state index in [9.17, 15) is 4.79 Å². The van der Waals surface area contributed by atoms with Crippen LogP contribution >= 0.6 is 0 Å². The number of ether oxygens (including phenoxy) is 1. The van der Waals surface area contributed by atoms with Gasteiger partial charge in [-0.2, -0.15) is 0 Å². The molecule has 2 aromatic carbocycles. The molecular weight excluding hydrogens is 248 g/mol. The summed E-state index contributed by atoms with van der Waals surface area (Å²) < 4.78 is 5.28. The van der Waals surface area contributed by atoms with Gasteiger partial charge in [0.1, 0.15) is 5.75 Å². The minimum Gasteiger partial charge on any atom is -0.496 e. The van der Waals surface area contributed by atoms with Gasteiger partial charge in [0.05, 0.1) is 12.7 Å². The zero-order valence-electron chi connectivity index (χ0n) is 12.4. The first-order valence-corrected chi connectivity index (χ1v) is 6.82. The number of aryl methyl sites for hydroxylation is 1. The lowest BCUT2D eigenvalue weighted by molar-refractivity contribution is 0.103. The maximum Gasteiger partial charge on any atom is 0.196 e. The van der Waals surface area contributed by atoms with E-state index in [0.717, 1.165) is 5.56 Å². The molecule has 2 rings (SSSR count). The van der Waals surface area contributed by atoms with E-state index in [1.165, 1.54) is 5.56 Å². The summed E-state index contributed by atoms with van der Waals surface area (Å²) >= 11 is 0. The van der Waals surface area contributed by atoms with Crippen LogP contribution in [0.5, 0.6) is 5.75 Å². The second-order valence-corrected chi connectivity index (χ2v) is 5.31. The Morgan fingerprint density at radius 1 is 1.05 bits per heavy atom. The highest BCUT2D eigenvalue weighted by molar-refractivity contribution is 6.10. The van der Waals surface area contributed by atoms with Gasteiger partial charge >= 0.3 is 0 Å². The molecule has 0 saturated carbocycles. The standard InChI is InChI=1S/C18H20O2/c1-12(2)14-6-8-15(9-7-14)18(19)16-11-13(3)5-10-17(16)20-4/h5-12H,1-4H3. The van der Waals surface area contributed by atoms with Crippen molar-refractivity contribution < 1.29 is 9.53 Å². The number of hydrogen-bond donors (Lipinski definition) is 0. The maximum atomic E-state index is 12.6. The molecule has 2 aromatic rings. The van der Waals surface area contributed by atoms with Crippen LogP contribution in [-0.4, -0.2) is 12.9 Å². The lowest BCUT2D eigenvalue weighted by Crippen LogP contribution is -2.04. The van der Waals surface area contributed by atoms with Crippen molar-refractivity contribution in [2.45, 2.75) is 26.7 Å². The van der Waals surface area contributed by atoms with E-state index < -0.39 is 0 Å².